The summed E-state index contributed by atoms with van der Waals surface area (Å²) >= 11 is 1.13. The van der Waals surface area contributed by atoms with Gasteiger partial charge in [-0.1, -0.05) is 24.3 Å². The van der Waals surface area contributed by atoms with Crippen molar-refractivity contribution < 1.29 is 22.9 Å². The van der Waals surface area contributed by atoms with Crippen LogP contribution >= 0.6 is 11.8 Å². The van der Waals surface area contributed by atoms with E-state index in [-0.39, 0.29) is 17.0 Å². The summed E-state index contributed by atoms with van der Waals surface area (Å²) in [4.78, 5) is 27.4. The third-order valence-electron chi connectivity index (χ3n) is 3.47. The maximum Gasteiger partial charge on any atom is 0.406 e. The van der Waals surface area contributed by atoms with Crippen LogP contribution in [0.1, 0.15) is 11.3 Å². The third kappa shape index (κ3) is 6.89. The van der Waals surface area contributed by atoms with Crippen molar-refractivity contribution in [2.24, 2.45) is 0 Å². The molecule has 0 saturated heterocycles. The molecule has 0 N–H and O–H groups in total. The zero-order chi connectivity index (χ0) is 19.9. The average molecular weight is 399 g/mol. The molecule has 0 bridgehead atoms. The van der Waals surface area contributed by atoms with E-state index in [1.165, 1.54) is 24.3 Å². The van der Waals surface area contributed by atoms with Gasteiger partial charge in [0.2, 0.25) is 5.91 Å². The van der Waals surface area contributed by atoms with Gasteiger partial charge in [0.05, 0.1) is 22.9 Å². The molecule has 1 amide bonds. The van der Waals surface area contributed by atoms with Crippen LogP contribution in [0.4, 0.5) is 18.9 Å². The molecule has 0 atom stereocenters. The molecule has 6 nitrogen and oxygen atoms in total. The van der Waals surface area contributed by atoms with Gasteiger partial charge in [-0.05, 0) is 12.1 Å². The second-order valence-corrected chi connectivity index (χ2v) is 6.55. The lowest BCUT2D eigenvalue weighted by Crippen LogP contribution is -2.39. The minimum atomic E-state index is -4.61. The molecule has 144 valence electrons. The van der Waals surface area contributed by atoms with Crippen LogP contribution in [0.25, 0.3) is 0 Å². The summed E-state index contributed by atoms with van der Waals surface area (Å²) in [5.74, 6) is -0.558. The van der Waals surface area contributed by atoms with Crippen LogP contribution in [0.5, 0.6) is 0 Å². The van der Waals surface area contributed by atoms with Gasteiger partial charge in [-0.25, -0.2) is 0 Å². The molecule has 0 spiro atoms. The van der Waals surface area contributed by atoms with Crippen molar-refractivity contribution in [1.29, 1.82) is 0 Å². The van der Waals surface area contributed by atoms with E-state index in [9.17, 15) is 28.1 Å². The molecule has 1 aromatic carbocycles. The average Bonchev–Trinajstić information content (AvgIpc) is 2.61. The number of halogens is 3. The van der Waals surface area contributed by atoms with Crippen molar-refractivity contribution in [3.63, 3.8) is 0 Å². The first-order valence-corrected chi connectivity index (χ1v) is 8.96. The van der Waals surface area contributed by atoms with E-state index in [1.807, 2.05) is 0 Å². The van der Waals surface area contributed by atoms with Gasteiger partial charge in [0.25, 0.3) is 5.69 Å². The van der Waals surface area contributed by atoms with E-state index in [4.69, 9.17) is 0 Å². The number of benzene rings is 1. The van der Waals surface area contributed by atoms with Gasteiger partial charge in [-0.2, -0.15) is 13.2 Å². The Kier molecular flexibility index (Phi) is 7.17. The SMILES string of the molecule is O=C(CSCc1ccccn1)N(Cc1ccccc1[N+](=O)[O-])CC(F)(F)F. The minimum absolute atomic E-state index is 0.0508. The fourth-order valence-electron chi connectivity index (χ4n) is 2.29. The Morgan fingerprint density at radius 2 is 1.89 bits per heavy atom. The summed E-state index contributed by atoms with van der Waals surface area (Å²) in [6.45, 7) is -1.96. The van der Waals surface area contributed by atoms with Crippen LogP contribution < -0.4 is 0 Å². The van der Waals surface area contributed by atoms with Gasteiger partial charge in [0.1, 0.15) is 6.54 Å². The molecule has 27 heavy (non-hydrogen) atoms. The number of nitro benzene ring substituents is 1. The highest BCUT2D eigenvalue weighted by atomic mass is 32.2. The maximum atomic E-state index is 12.9. The molecule has 0 radical (unpaired) electrons. The molecule has 0 aliphatic heterocycles. The number of carbonyl (C=O) groups excluding carboxylic acids is 1. The molecule has 10 heteroatoms. The van der Waals surface area contributed by atoms with Crippen molar-refractivity contribution in [2.45, 2.75) is 18.5 Å². The van der Waals surface area contributed by atoms with Gasteiger partial charge in [-0.15, -0.1) is 11.8 Å². The molecule has 1 aromatic heterocycles. The number of alkyl halides is 3. The predicted molar refractivity (Wildman–Crippen MR) is 95.0 cm³/mol. The lowest BCUT2D eigenvalue weighted by Gasteiger charge is -2.24. The normalized spacial score (nSPS) is 11.2. The fraction of sp³-hybridized carbons (Fsp3) is 0.294. The van der Waals surface area contributed by atoms with E-state index in [2.05, 4.69) is 4.98 Å². The number of hydrogen-bond acceptors (Lipinski definition) is 5. The van der Waals surface area contributed by atoms with Gasteiger partial charge >= 0.3 is 6.18 Å². The first-order valence-electron chi connectivity index (χ1n) is 7.81. The Morgan fingerprint density at radius 1 is 1.19 bits per heavy atom. The van der Waals surface area contributed by atoms with Gasteiger partial charge < -0.3 is 4.90 Å². The molecular formula is C17H16F3N3O3S. The molecule has 0 aliphatic carbocycles. The summed E-state index contributed by atoms with van der Waals surface area (Å²) in [5.41, 5.74) is 0.435. The minimum Gasteiger partial charge on any atom is -0.328 e. The zero-order valence-electron chi connectivity index (χ0n) is 14.1. The monoisotopic (exact) mass is 399 g/mol. The molecule has 2 rings (SSSR count). The molecule has 0 aliphatic rings. The Hall–Kier alpha value is -2.62. The standard InChI is InChI=1S/C17H16F3N3O3S/c18-17(19,20)12-22(9-13-5-1-2-7-15(13)23(25)26)16(24)11-27-10-14-6-3-4-8-21-14/h1-8H,9-12H2. The van der Waals surface area contributed by atoms with E-state index in [0.29, 0.717) is 16.3 Å². The first kappa shape index (κ1) is 20.7. The van der Waals surface area contributed by atoms with Crippen LogP contribution in [0.15, 0.2) is 48.7 Å². The predicted octanol–water partition coefficient (Wildman–Crippen LogP) is 3.81. The van der Waals surface area contributed by atoms with Crippen LogP contribution in [-0.4, -0.2) is 39.2 Å². The van der Waals surface area contributed by atoms with Crippen LogP contribution in [0.2, 0.25) is 0 Å². The molecular weight excluding hydrogens is 383 g/mol. The molecule has 0 unspecified atom stereocenters. The number of para-hydroxylation sites is 1. The number of pyridine rings is 1. The summed E-state index contributed by atoms with van der Waals surface area (Å²) < 4.78 is 38.6. The lowest BCUT2D eigenvalue weighted by atomic mass is 10.1. The van der Waals surface area contributed by atoms with Crippen molar-refractivity contribution in [3.8, 4) is 0 Å². The number of hydrogen-bond donors (Lipinski definition) is 0. The highest BCUT2D eigenvalue weighted by Gasteiger charge is 2.33. The Bertz CT molecular complexity index is 788. The van der Waals surface area contributed by atoms with E-state index in [0.717, 1.165) is 11.8 Å². The lowest BCUT2D eigenvalue weighted by molar-refractivity contribution is -0.385. The topological polar surface area (TPSA) is 76.3 Å². The summed E-state index contributed by atoms with van der Waals surface area (Å²) in [5, 5.41) is 11.1. The Balaban J connectivity index is 2.07. The van der Waals surface area contributed by atoms with Crippen LogP contribution in [-0.2, 0) is 17.1 Å². The fourth-order valence-corrected chi connectivity index (χ4v) is 3.13. The number of amides is 1. The first-order chi connectivity index (χ1) is 12.8. The van der Waals surface area contributed by atoms with Crippen molar-refractivity contribution >= 4 is 23.4 Å². The van der Waals surface area contributed by atoms with Crippen molar-refractivity contribution in [3.05, 3.63) is 70.0 Å². The molecule has 1 heterocycles. The number of aromatic nitrogens is 1. The Labute approximate surface area is 157 Å². The molecule has 0 fully saturated rings. The summed E-state index contributed by atoms with van der Waals surface area (Å²) in [6, 6.07) is 10.7. The summed E-state index contributed by atoms with van der Waals surface area (Å²) in [6.07, 6.45) is -3.02. The zero-order valence-corrected chi connectivity index (χ0v) is 14.9. The second kappa shape index (κ2) is 9.36. The van der Waals surface area contributed by atoms with E-state index < -0.39 is 30.1 Å². The number of thioether (sulfide) groups is 1. The number of rotatable bonds is 8. The van der Waals surface area contributed by atoms with Gasteiger partial charge in [0.15, 0.2) is 0 Å². The molecule has 2 aromatic rings. The quantitative estimate of drug-likeness (QED) is 0.498. The van der Waals surface area contributed by atoms with E-state index >= 15 is 0 Å². The van der Waals surface area contributed by atoms with Gasteiger partial charge in [-0.3, -0.25) is 19.9 Å². The number of nitro groups is 1. The Morgan fingerprint density at radius 3 is 2.52 bits per heavy atom. The maximum absolute atomic E-state index is 12.9. The summed E-state index contributed by atoms with van der Waals surface area (Å²) in [7, 11) is 0. The molecule has 0 saturated carbocycles. The largest absolute Gasteiger partial charge is 0.406 e. The number of nitrogens with zero attached hydrogens (tertiary/aromatic N) is 3. The van der Waals surface area contributed by atoms with Crippen LogP contribution in [0, 0.1) is 10.1 Å². The van der Waals surface area contributed by atoms with Crippen molar-refractivity contribution in [2.75, 3.05) is 12.3 Å². The van der Waals surface area contributed by atoms with Gasteiger partial charge in [0, 0.05) is 23.6 Å². The highest BCUT2D eigenvalue weighted by Crippen LogP contribution is 2.24. The second-order valence-electron chi connectivity index (χ2n) is 5.56. The third-order valence-corrected chi connectivity index (χ3v) is 4.42. The number of carbonyl (C=O) groups is 1. The van der Waals surface area contributed by atoms with Crippen LogP contribution in [0.3, 0.4) is 0 Å². The highest BCUT2D eigenvalue weighted by molar-refractivity contribution is 7.99. The smallest absolute Gasteiger partial charge is 0.328 e. The van der Waals surface area contributed by atoms with Crippen molar-refractivity contribution in [1.82, 2.24) is 9.88 Å². The van der Waals surface area contributed by atoms with E-state index in [1.54, 1.807) is 24.4 Å².